The first kappa shape index (κ1) is 35.7. The lowest BCUT2D eigenvalue weighted by Gasteiger charge is -2.29. The van der Waals surface area contributed by atoms with Crippen molar-refractivity contribution < 1.29 is 62.2 Å². The van der Waals surface area contributed by atoms with Crippen LogP contribution in [0.1, 0.15) is 47.9 Å². The Balaban J connectivity index is 1.28. The lowest BCUT2D eigenvalue weighted by atomic mass is 10.1. The Kier molecular flexibility index (Phi) is 11.0. The number of benzene rings is 4. The molecule has 4 aromatic rings. The van der Waals surface area contributed by atoms with Gasteiger partial charge in [0.25, 0.3) is 0 Å². The predicted molar refractivity (Wildman–Crippen MR) is 182 cm³/mol. The van der Waals surface area contributed by atoms with Gasteiger partial charge in [-0.05, 0) is 48.5 Å². The van der Waals surface area contributed by atoms with Gasteiger partial charge in [0.2, 0.25) is 12.0 Å². The van der Waals surface area contributed by atoms with Gasteiger partial charge in [0.15, 0.2) is 18.2 Å². The first-order chi connectivity index (χ1) is 25.9. The van der Waals surface area contributed by atoms with Crippen LogP contribution in [0.4, 0.5) is 0 Å². The molecule has 0 spiro atoms. The molecule has 0 amide bonds. The van der Waals surface area contributed by atoms with Gasteiger partial charge >= 0.3 is 23.9 Å². The molecule has 2 bridgehead atoms. The van der Waals surface area contributed by atoms with Crippen LogP contribution in [0.25, 0.3) is 0 Å². The van der Waals surface area contributed by atoms with Crippen molar-refractivity contribution in [2.75, 3.05) is 13.2 Å². The Morgan fingerprint density at radius 2 is 1.11 bits per heavy atom. The molecule has 7 rings (SSSR count). The van der Waals surface area contributed by atoms with Crippen LogP contribution in [-0.2, 0) is 37.9 Å². The minimum atomic E-state index is -2.11. The first-order valence-corrected chi connectivity index (χ1v) is 16.9. The monoisotopic (exact) mass is 722 g/mol. The van der Waals surface area contributed by atoms with Crippen molar-refractivity contribution in [3.8, 4) is 0 Å². The molecule has 3 aliphatic heterocycles. The van der Waals surface area contributed by atoms with Crippen LogP contribution in [0.2, 0.25) is 0 Å². The molecule has 3 aliphatic rings. The number of ether oxygens (including phenoxy) is 8. The molecule has 13 heteroatoms. The van der Waals surface area contributed by atoms with Crippen LogP contribution in [-0.4, -0.2) is 85.3 Å². The van der Waals surface area contributed by atoms with E-state index < -0.39 is 78.5 Å². The Labute approximate surface area is 303 Å². The highest BCUT2D eigenvalue weighted by Gasteiger charge is 2.62. The fourth-order valence-electron chi connectivity index (χ4n) is 5.89. The summed E-state index contributed by atoms with van der Waals surface area (Å²) >= 11 is 0. The van der Waals surface area contributed by atoms with Crippen molar-refractivity contribution in [3.05, 3.63) is 155 Å². The number of carbonyl (C=O) groups excluding carboxylic acids is 4. The molecule has 0 aromatic heterocycles. The maximum absolute atomic E-state index is 13.7. The van der Waals surface area contributed by atoms with Crippen LogP contribution >= 0.6 is 0 Å². The second-order valence-corrected chi connectivity index (χ2v) is 12.2. The van der Waals surface area contributed by atoms with Gasteiger partial charge in [0, 0.05) is 6.42 Å². The lowest BCUT2D eigenvalue weighted by Crippen LogP contribution is -2.44. The molecular formula is C40H34O13. The van der Waals surface area contributed by atoms with Crippen LogP contribution in [0.5, 0.6) is 0 Å². The summed E-state index contributed by atoms with van der Waals surface area (Å²) in [6.45, 7) is -0.209. The van der Waals surface area contributed by atoms with Crippen molar-refractivity contribution >= 4 is 23.9 Å². The molecule has 0 aliphatic carbocycles. The number of aliphatic hydroxyl groups is 1. The van der Waals surface area contributed by atoms with Crippen LogP contribution < -0.4 is 0 Å². The maximum Gasteiger partial charge on any atom is 0.343 e. The number of aliphatic hydroxyl groups excluding tert-OH is 1. The van der Waals surface area contributed by atoms with E-state index in [2.05, 4.69) is 0 Å². The summed E-state index contributed by atoms with van der Waals surface area (Å²) in [5.74, 6) is -4.70. The molecule has 1 N–H and O–H groups in total. The van der Waals surface area contributed by atoms with E-state index in [1.807, 2.05) is 0 Å². The number of esters is 4. The SMILES string of the molecule is O=C(OCC[C@@H](OC(=O)c1ccccc1)/C(OC(=O)c1ccccc1)=C(\OC(=O)c1ccccc1)[C@@H](O)O[C@@H]1C2CO[C@H](O2)C2OC21)c1ccccc1. The van der Waals surface area contributed by atoms with E-state index in [9.17, 15) is 24.3 Å². The van der Waals surface area contributed by atoms with Gasteiger partial charge in [0.05, 0.1) is 35.5 Å². The van der Waals surface area contributed by atoms with E-state index in [0.717, 1.165) is 0 Å². The van der Waals surface area contributed by atoms with Crippen LogP contribution in [0, 0.1) is 0 Å². The molecule has 3 unspecified atom stereocenters. The highest BCUT2D eigenvalue weighted by atomic mass is 16.8. The Hall–Kier alpha value is -5.70. The van der Waals surface area contributed by atoms with Crippen molar-refractivity contribution in [3.63, 3.8) is 0 Å². The van der Waals surface area contributed by atoms with Crippen molar-refractivity contribution in [2.45, 2.75) is 49.5 Å². The van der Waals surface area contributed by atoms with E-state index >= 15 is 0 Å². The third-order valence-corrected chi connectivity index (χ3v) is 8.60. The third kappa shape index (κ3) is 8.52. The van der Waals surface area contributed by atoms with Gasteiger partial charge in [-0.3, -0.25) is 0 Å². The van der Waals surface area contributed by atoms with E-state index in [1.165, 1.54) is 36.4 Å². The summed E-state index contributed by atoms with van der Waals surface area (Å²) in [6.07, 6.45) is -7.04. The second-order valence-electron chi connectivity index (χ2n) is 12.2. The number of hydrogen-bond acceptors (Lipinski definition) is 13. The summed E-state index contributed by atoms with van der Waals surface area (Å²) in [6, 6.07) is 31.9. The van der Waals surface area contributed by atoms with E-state index in [1.54, 1.807) is 84.9 Å². The molecule has 3 heterocycles. The number of hydrogen-bond donors (Lipinski definition) is 1. The summed E-state index contributed by atoms with van der Waals surface area (Å²) in [5.41, 5.74) is 0.576. The largest absolute Gasteiger partial charge is 0.462 e. The van der Waals surface area contributed by atoms with Crippen molar-refractivity contribution in [1.82, 2.24) is 0 Å². The number of rotatable bonds is 14. The molecule has 53 heavy (non-hydrogen) atoms. The van der Waals surface area contributed by atoms with Gasteiger partial charge in [-0.25, -0.2) is 19.2 Å². The average Bonchev–Trinajstić information content (AvgIpc) is 3.90. The van der Waals surface area contributed by atoms with Gasteiger partial charge in [-0.2, -0.15) is 0 Å². The molecule has 7 atom stereocenters. The molecular weight excluding hydrogens is 688 g/mol. The molecule has 3 fully saturated rings. The Bertz CT molecular complexity index is 1930. The van der Waals surface area contributed by atoms with Crippen molar-refractivity contribution in [1.29, 1.82) is 0 Å². The molecule has 0 radical (unpaired) electrons. The predicted octanol–water partition coefficient (Wildman–Crippen LogP) is 4.61. The summed E-state index contributed by atoms with van der Waals surface area (Å²) in [7, 11) is 0. The highest BCUT2D eigenvalue weighted by molar-refractivity contribution is 5.92. The minimum absolute atomic E-state index is 0.0826. The maximum atomic E-state index is 13.7. The second kappa shape index (κ2) is 16.3. The quantitative estimate of drug-likeness (QED) is 0.0631. The molecule has 4 aromatic carbocycles. The molecule has 3 saturated heterocycles. The van der Waals surface area contributed by atoms with E-state index in [0.29, 0.717) is 0 Å². The fraction of sp³-hybridized carbons (Fsp3) is 0.250. The van der Waals surface area contributed by atoms with Crippen LogP contribution in [0.3, 0.4) is 0 Å². The standard InChI is InChI=1S/C40H34O13/c41-35(24-13-5-1-6-14-24)46-22-21-28(48-36(42)25-15-7-2-8-16-25)30(51-37(43)26-17-9-3-10-18-26)33(53-38(44)27-19-11-4-12-20-27)39(45)52-31-29-23-47-40(49-29)34-32(31)50-34/h1-20,28-29,31-32,34,39-40,45H,21-23H2/b33-30+/t28-,29?,31-,32?,34?,39+,40-/m1/s1. The number of fused-ring (bicyclic) bond motifs is 4. The normalized spacial score (nSPS) is 22.6. The van der Waals surface area contributed by atoms with E-state index in [4.69, 9.17) is 37.9 Å². The van der Waals surface area contributed by atoms with Gasteiger partial charge < -0.3 is 43.0 Å². The van der Waals surface area contributed by atoms with Crippen LogP contribution in [0.15, 0.2) is 133 Å². The molecule has 272 valence electrons. The summed E-state index contributed by atoms with van der Waals surface area (Å²) in [4.78, 5) is 53.8. The molecule has 13 nitrogen and oxygen atoms in total. The molecule has 0 saturated carbocycles. The van der Waals surface area contributed by atoms with Crippen molar-refractivity contribution in [2.24, 2.45) is 0 Å². The Morgan fingerprint density at radius 1 is 0.623 bits per heavy atom. The minimum Gasteiger partial charge on any atom is -0.462 e. The van der Waals surface area contributed by atoms with Gasteiger partial charge in [-0.1, -0.05) is 72.8 Å². The topological polar surface area (TPSA) is 166 Å². The van der Waals surface area contributed by atoms with Gasteiger partial charge in [0.1, 0.15) is 24.4 Å². The first-order valence-electron chi connectivity index (χ1n) is 16.9. The smallest absolute Gasteiger partial charge is 0.343 e. The summed E-state index contributed by atoms with van der Waals surface area (Å²) in [5, 5.41) is 11.8. The zero-order valence-electron chi connectivity index (χ0n) is 28.1. The number of epoxide rings is 1. The van der Waals surface area contributed by atoms with Gasteiger partial charge in [-0.15, -0.1) is 0 Å². The zero-order valence-corrected chi connectivity index (χ0v) is 28.1. The Morgan fingerprint density at radius 3 is 1.66 bits per heavy atom. The zero-order chi connectivity index (χ0) is 36.7. The lowest BCUT2D eigenvalue weighted by molar-refractivity contribution is -0.183. The third-order valence-electron chi connectivity index (χ3n) is 8.60. The van der Waals surface area contributed by atoms with E-state index in [-0.39, 0.29) is 41.9 Å². The average molecular weight is 723 g/mol. The summed E-state index contributed by atoms with van der Waals surface area (Å²) < 4.78 is 46.3. The fourth-order valence-corrected chi connectivity index (χ4v) is 5.89. The highest BCUT2D eigenvalue weighted by Crippen LogP contribution is 2.43. The number of carbonyl (C=O) groups is 4.